The minimum Gasteiger partial charge on any atom is -0.467 e. The number of fused-ring (bicyclic) bond motifs is 1. The van der Waals surface area contributed by atoms with E-state index in [-0.39, 0.29) is 11.8 Å². The number of anilines is 1. The Kier molecular flexibility index (Phi) is 8.04. The standard InChI is InChI=1S/C26H32N4O4/c1-6-16(3)23(26(33)34-5)29-25(32)19-14-18(27-22(31)7-2)15-20-24(19)30(4)21(28-20)13-17-11-9-8-10-12-17/h8-12,14-16,23H,6-7,13H2,1-5H3,(H,27,31)(H,29,32)/t16-,23-/m0/s1. The molecule has 0 saturated carbocycles. The number of ether oxygens (including phenoxy) is 1. The number of esters is 1. The molecule has 3 rings (SSSR count). The lowest BCUT2D eigenvalue weighted by atomic mass is 9.98. The van der Waals surface area contributed by atoms with Gasteiger partial charge >= 0.3 is 5.97 Å². The summed E-state index contributed by atoms with van der Waals surface area (Å²) in [6.45, 7) is 5.59. The van der Waals surface area contributed by atoms with Gasteiger partial charge in [0.2, 0.25) is 5.91 Å². The van der Waals surface area contributed by atoms with E-state index in [1.165, 1.54) is 7.11 Å². The van der Waals surface area contributed by atoms with Crippen LogP contribution in [0.25, 0.3) is 11.0 Å². The number of aromatic nitrogens is 2. The first kappa shape index (κ1) is 25.0. The van der Waals surface area contributed by atoms with Crippen LogP contribution in [0, 0.1) is 5.92 Å². The number of nitrogens with zero attached hydrogens (tertiary/aromatic N) is 2. The summed E-state index contributed by atoms with van der Waals surface area (Å²) in [5, 5.41) is 5.66. The van der Waals surface area contributed by atoms with E-state index >= 15 is 0 Å². The van der Waals surface area contributed by atoms with Crippen molar-refractivity contribution in [2.45, 2.75) is 46.1 Å². The third-order valence-electron chi connectivity index (χ3n) is 6.07. The summed E-state index contributed by atoms with van der Waals surface area (Å²) in [5.74, 6) is -0.430. The fourth-order valence-corrected chi connectivity index (χ4v) is 3.85. The van der Waals surface area contributed by atoms with E-state index in [0.29, 0.717) is 41.5 Å². The number of carbonyl (C=O) groups excluding carboxylic acids is 3. The van der Waals surface area contributed by atoms with Crippen molar-refractivity contribution in [1.29, 1.82) is 0 Å². The van der Waals surface area contributed by atoms with Gasteiger partial charge in [0, 0.05) is 25.6 Å². The Hall–Kier alpha value is -3.68. The van der Waals surface area contributed by atoms with Crippen LogP contribution in [0.5, 0.6) is 0 Å². The van der Waals surface area contributed by atoms with Crippen molar-refractivity contribution >= 4 is 34.5 Å². The molecule has 0 bridgehead atoms. The highest BCUT2D eigenvalue weighted by Gasteiger charge is 2.29. The Morgan fingerprint density at radius 1 is 1.12 bits per heavy atom. The Morgan fingerprint density at radius 3 is 2.44 bits per heavy atom. The third kappa shape index (κ3) is 5.44. The van der Waals surface area contributed by atoms with Crippen LogP contribution in [-0.4, -0.2) is 40.5 Å². The molecule has 0 saturated heterocycles. The van der Waals surface area contributed by atoms with Crippen LogP contribution in [0.15, 0.2) is 42.5 Å². The molecule has 8 heteroatoms. The van der Waals surface area contributed by atoms with Crippen molar-refractivity contribution < 1.29 is 19.1 Å². The molecule has 0 aliphatic rings. The minimum atomic E-state index is -0.788. The first-order chi connectivity index (χ1) is 16.3. The predicted octanol–water partition coefficient (Wildman–Crippen LogP) is 3.83. The van der Waals surface area contributed by atoms with Crippen LogP contribution in [-0.2, 0) is 27.8 Å². The predicted molar refractivity (Wildman–Crippen MR) is 132 cm³/mol. The molecular formula is C26H32N4O4. The van der Waals surface area contributed by atoms with Gasteiger partial charge in [-0.15, -0.1) is 0 Å². The summed E-state index contributed by atoms with van der Waals surface area (Å²) in [7, 11) is 3.17. The normalized spacial score (nSPS) is 12.7. The fraction of sp³-hybridized carbons (Fsp3) is 0.385. The smallest absolute Gasteiger partial charge is 0.328 e. The van der Waals surface area contributed by atoms with Crippen molar-refractivity contribution in [3.8, 4) is 0 Å². The zero-order valence-corrected chi connectivity index (χ0v) is 20.3. The molecule has 0 spiro atoms. The number of hydrogen-bond donors (Lipinski definition) is 2. The summed E-state index contributed by atoms with van der Waals surface area (Å²) in [6, 6.07) is 12.5. The summed E-state index contributed by atoms with van der Waals surface area (Å²) >= 11 is 0. The van der Waals surface area contributed by atoms with Gasteiger partial charge in [0.1, 0.15) is 11.9 Å². The SMILES string of the molecule is CCC(=O)Nc1cc(C(=O)N[C@H](C(=O)OC)[C@@H](C)CC)c2c(c1)nc(Cc1ccccc1)n2C. The zero-order chi connectivity index (χ0) is 24.8. The molecule has 2 N–H and O–H groups in total. The van der Waals surface area contributed by atoms with E-state index in [0.717, 1.165) is 11.4 Å². The maximum atomic E-state index is 13.5. The van der Waals surface area contributed by atoms with Crippen molar-refractivity contribution in [2.75, 3.05) is 12.4 Å². The molecule has 0 unspecified atom stereocenters. The molecule has 2 atom stereocenters. The molecule has 2 aromatic carbocycles. The number of amides is 2. The zero-order valence-electron chi connectivity index (χ0n) is 20.3. The van der Waals surface area contributed by atoms with E-state index < -0.39 is 17.9 Å². The number of carbonyl (C=O) groups is 3. The third-order valence-corrected chi connectivity index (χ3v) is 6.07. The molecule has 2 amide bonds. The van der Waals surface area contributed by atoms with Gasteiger partial charge < -0.3 is 19.9 Å². The first-order valence-electron chi connectivity index (χ1n) is 11.5. The summed E-state index contributed by atoms with van der Waals surface area (Å²) < 4.78 is 6.80. The van der Waals surface area contributed by atoms with Crippen LogP contribution in [0.2, 0.25) is 0 Å². The topological polar surface area (TPSA) is 102 Å². The largest absolute Gasteiger partial charge is 0.467 e. The molecule has 0 radical (unpaired) electrons. The van der Waals surface area contributed by atoms with E-state index in [1.807, 2.05) is 55.8 Å². The Bertz CT molecular complexity index is 1190. The first-order valence-corrected chi connectivity index (χ1v) is 11.5. The Morgan fingerprint density at radius 2 is 1.82 bits per heavy atom. The summed E-state index contributed by atoms with van der Waals surface area (Å²) in [4.78, 5) is 42.6. The highest BCUT2D eigenvalue weighted by molar-refractivity contribution is 6.08. The maximum Gasteiger partial charge on any atom is 0.328 e. The monoisotopic (exact) mass is 464 g/mol. The number of hydrogen-bond acceptors (Lipinski definition) is 5. The lowest BCUT2D eigenvalue weighted by molar-refractivity contribution is -0.144. The summed E-state index contributed by atoms with van der Waals surface area (Å²) in [6.07, 6.45) is 1.58. The average molecular weight is 465 g/mol. The number of nitrogens with one attached hydrogen (secondary N) is 2. The molecule has 0 aliphatic carbocycles. The number of aryl methyl sites for hydroxylation is 1. The van der Waals surface area contributed by atoms with Crippen molar-refractivity contribution in [3.05, 3.63) is 59.4 Å². The molecule has 1 heterocycles. The molecule has 34 heavy (non-hydrogen) atoms. The van der Waals surface area contributed by atoms with Gasteiger partial charge in [0.25, 0.3) is 5.91 Å². The van der Waals surface area contributed by atoms with E-state index in [4.69, 9.17) is 9.72 Å². The quantitative estimate of drug-likeness (QED) is 0.469. The van der Waals surface area contributed by atoms with Crippen LogP contribution >= 0.6 is 0 Å². The molecular weight excluding hydrogens is 432 g/mol. The van der Waals surface area contributed by atoms with Gasteiger partial charge in [-0.1, -0.05) is 57.5 Å². The average Bonchev–Trinajstić information content (AvgIpc) is 3.16. The van der Waals surface area contributed by atoms with Gasteiger partial charge in [0.15, 0.2) is 0 Å². The second-order valence-electron chi connectivity index (χ2n) is 8.40. The lowest BCUT2D eigenvalue weighted by Crippen LogP contribution is -2.45. The van der Waals surface area contributed by atoms with Crippen LogP contribution in [0.3, 0.4) is 0 Å². The van der Waals surface area contributed by atoms with Gasteiger partial charge in [-0.25, -0.2) is 9.78 Å². The van der Waals surface area contributed by atoms with Crippen molar-refractivity contribution in [2.24, 2.45) is 13.0 Å². The van der Waals surface area contributed by atoms with Gasteiger partial charge in [-0.3, -0.25) is 9.59 Å². The lowest BCUT2D eigenvalue weighted by Gasteiger charge is -2.22. The highest BCUT2D eigenvalue weighted by atomic mass is 16.5. The second-order valence-corrected chi connectivity index (χ2v) is 8.40. The van der Waals surface area contributed by atoms with Crippen LogP contribution in [0.1, 0.15) is 55.4 Å². The second kappa shape index (κ2) is 11.0. The Labute approximate surface area is 199 Å². The van der Waals surface area contributed by atoms with Crippen LogP contribution < -0.4 is 10.6 Å². The molecule has 1 aromatic heterocycles. The molecule has 0 fully saturated rings. The number of benzene rings is 2. The highest BCUT2D eigenvalue weighted by Crippen LogP contribution is 2.26. The van der Waals surface area contributed by atoms with Gasteiger partial charge in [-0.05, 0) is 23.6 Å². The number of rotatable bonds is 9. The number of methoxy groups -OCH3 is 1. The number of imidazole rings is 1. The molecule has 0 aliphatic heterocycles. The van der Waals surface area contributed by atoms with Crippen molar-refractivity contribution in [1.82, 2.24) is 14.9 Å². The summed E-state index contributed by atoms with van der Waals surface area (Å²) in [5.41, 5.74) is 3.12. The van der Waals surface area contributed by atoms with Gasteiger partial charge in [-0.2, -0.15) is 0 Å². The molecule has 8 nitrogen and oxygen atoms in total. The van der Waals surface area contributed by atoms with Crippen molar-refractivity contribution in [3.63, 3.8) is 0 Å². The molecule has 3 aromatic rings. The van der Waals surface area contributed by atoms with Crippen LogP contribution in [0.4, 0.5) is 5.69 Å². The van der Waals surface area contributed by atoms with E-state index in [9.17, 15) is 14.4 Å². The fourth-order valence-electron chi connectivity index (χ4n) is 3.85. The minimum absolute atomic E-state index is 0.116. The Balaban J connectivity index is 2.08. The maximum absolute atomic E-state index is 13.5. The molecule has 180 valence electrons. The van der Waals surface area contributed by atoms with Gasteiger partial charge in [0.05, 0.1) is 23.7 Å². The van der Waals surface area contributed by atoms with E-state index in [1.54, 1.807) is 19.1 Å². The van der Waals surface area contributed by atoms with E-state index in [2.05, 4.69) is 10.6 Å².